The van der Waals surface area contributed by atoms with Gasteiger partial charge in [0.15, 0.2) is 10.8 Å². The van der Waals surface area contributed by atoms with Crippen molar-refractivity contribution in [2.24, 2.45) is 0 Å². The smallest absolute Gasteiger partial charge is 0.195 e. The Labute approximate surface area is 123 Å². The van der Waals surface area contributed by atoms with Gasteiger partial charge in [0.1, 0.15) is 0 Å². The maximum atomic E-state index is 5.73. The number of rotatable bonds is 6. The van der Waals surface area contributed by atoms with Crippen molar-refractivity contribution >= 4 is 22.1 Å². The maximum Gasteiger partial charge on any atom is 0.195 e. The average Bonchev–Trinajstić information content (AvgIpc) is 3.12. The molecule has 1 aliphatic heterocycles. The second kappa shape index (κ2) is 6.11. The summed E-state index contributed by atoms with van der Waals surface area (Å²) in [6, 6.07) is 0. The number of ether oxygens (including phenoxy) is 1. The minimum atomic E-state index is 0.353. The monoisotopic (exact) mass is 294 g/mol. The molecule has 1 fully saturated rings. The molecule has 1 unspecified atom stereocenters. The zero-order chi connectivity index (χ0) is 13.9. The van der Waals surface area contributed by atoms with Gasteiger partial charge in [0.2, 0.25) is 0 Å². The van der Waals surface area contributed by atoms with Crippen LogP contribution in [0.3, 0.4) is 0 Å². The van der Waals surface area contributed by atoms with E-state index in [1.807, 2.05) is 0 Å². The molecule has 0 spiro atoms. The van der Waals surface area contributed by atoms with E-state index in [0.29, 0.717) is 6.10 Å². The Bertz CT molecular complexity index is 559. The van der Waals surface area contributed by atoms with Gasteiger partial charge in [-0.15, -0.1) is 11.3 Å². The lowest BCUT2D eigenvalue weighted by molar-refractivity contribution is 0.116. The standard InChI is InChI=1S/C14H22N4OS/c1-3-15-9-12-13(16-14-18(12)6-8-20-14)17(2)10-11-5-4-7-19-11/h6,8,11,15H,3-5,7,9-10H2,1-2H3. The lowest BCUT2D eigenvalue weighted by Crippen LogP contribution is -2.30. The van der Waals surface area contributed by atoms with Crippen LogP contribution >= 0.6 is 11.3 Å². The van der Waals surface area contributed by atoms with E-state index in [0.717, 1.165) is 43.4 Å². The Morgan fingerprint density at radius 3 is 3.25 bits per heavy atom. The first-order chi connectivity index (χ1) is 9.79. The van der Waals surface area contributed by atoms with E-state index in [1.54, 1.807) is 11.3 Å². The summed E-state index contributed by atoms with van der Waals surface area (Å²) in [5, 5.41) is 5.49. The number of likely N-dealkylation sites (N-methyl/N-ethyl adjacent to an activating group) is 1. The van der Waals surface area contributed by atoms with E-state index in [-0.39, 0.29) is 0 Å². The quantitative estimate of drug-likeness (QED) is 0.886. The Kier molecular flexibility index (Phi) is 4.24. The van der Waals surface area contributed by atoms with Crippen LogP contribution in [0.15, 0.2) is 11.6 Å². The van der Waals surface area contributed by atoms with Crippen molar-refractivity contribution in [3.63, 3.8) is 0 Å². The van der Waals surface area contributed by atoms with Gasteiger partial charge >= 0.3 is 0 Å². The minimum Gasteiger partial charge on any atom is -0.376 e. The highest BCUT2D eigenvalue weighted by Crippen LogP contribution is 2.25. The molecule has 20 heavy (non-hydrogen) atoms. The van der Waals surface area contributed by atoms with Gasteiger partial charge in [0.05, 0.1) is 11.8 Å². The molecule has 1 N–H and O–H groups in total. The molecule has 0 bridgehead atoms. The summed E-state index contributed by atoms with van der Waals surface area (Å²) in [5.74, 6) is 1.08. The fraction of sp³-hybridized carbons (Fsp3) is 0.643. The van der Waals surface area contributed by atoms with E-state index in [9.17, 15) is 0 Å². The molecule has 3 rings (SSSR count). The zero-order valence-corrected chi connectivity index (χ0v) is 12.9. The van der Waals surface area contributed by atoms with Gasteiger partial charge in [-0.3, -0.25) is 4.40 Å². The van der Waals surface area contributed by atoms with Crippen molar-refractivity contribution < 1.29 is 4.74 Å². The van der Waals surface area contributed by atoms with Crippen LogP contribution in [0.4, 0.5) is 5.82 Å². The summed E-state index contributed by atoms with van der Waals surface area (Å²) < 4.78 is 7.92. The highest BCUT2D eigenvalue weighted by Gasteiger charge is 2.21. The molecular weight excluding hydrogens is 272 g/mol. The third-order valence-corrected chi connectivity index (χ3v) is 4.50. The topological polar surface area (TPSA) is 41.8 Å². The summed E-state index contributed by atoms with van der Waals surface area (Å²) in [6.07, 6.45) is 4.80. The van der Waals surface area contributed by atoms with Gasteiger partial charge in [0.25, 0.3) is 0 Å². The number of imidazole rings is 1. The highest BCUT2D eigenvalue weighted by atomic mass is 32.1. The molecule has 3 heterocycles. The van der Waals surface area contributed by atoms with Gasteiger partial charge in [-0.2, -0.15) is 0 Å². The maximum absolute atomic E-state index is 5.73. The Hall–Kier alpha value is -1.11. The van der Waals surface area contributed by atoms with Gasteiger partial charge in [-0.1, -0.05) is 6.92 Å². The van der Waals surface area contributed by atoms with Crippen LogP contribution in [0, 0.1) is 0 Å². The van der Waals surface area contributed by atoms with E-state index in [2.05, 4.69) is 40.2 Å². The summed E-state index contributed by atoms with van der Waals surface area (Å²) in [7, 11) is 2.11. The van der Waals surface area contributed by atoms with Crippen molar-refractivity contribution in [2.45, 2.75) is 32.4 Å². The third kappa shape index (κ3) is 2.68. The van der Waals surface area contributed by atoms with Crippen molar-refractivity contribution in [3.05, 3.63) is 17.3 Å². The van der Waals surface area contributed by atoms with E-state index >= 15 is 0 Å². The second-order valence-electron chi connectivity index (χ2n) is 5.23. The minimum absolute atomic E-state index is 0.353. The highest BCUT2D eigenvalue weighted by molar-refractivity contribution is 7.15. The molecule has 0 saturated carbocycles. The average molecular weight is 294 g/mol. The summed E-state index contributed by atoms with van der Waals surface area (Å²) in [6.45, 7) is 5.76. The SMILES string of the molecule is CCNCc1c(N(C)CC2CCCO2)nc2sccn12. The molecule has 1 saturated heterocycles. The molecule has 0 aromatic carbocycles. The summed E-state index contributed by atoms with van der Waals surface area (Å²) >= 11 is 1.68. The molecule has 2 aromatic rings. The lowest BCUT2D eigenvalue weighted by Gasteiger charge is -2.22. The third-order valence-electron chi connectivity index (χ3n) is 3.75. The number of fused-ring (bicyclic) bond motifs is 1. The Morgan fingerprint density at radius 2 is 2.50 bits per heavy atom. The van der Waals surface area contributed by atoms with Crippen molar-refractivity contribution in [3.8, 4) is 0 Å². The first-order valence-electron chi connectivity index (χ1n) is 7.27. The number of hydrogen-bond acceptors (Lipinski definition) is 5. The molecule has 110 valence electrons. The fourth-order valence-electron chi connectivity index (χ4n) is 2.71. The van der Waals surface area contributed by atoms with Crippen LogP contribution in [0.2, 0.25) is 0 Å². The van der Waals surface area contributed by atoms with E-state index in [4.69, 9.17) is 9.72 Å². The number of aromatic nitrogens is 2. The van der Waals surface area contributed by atoms with Crippen LogP contribution in [0.1, 0.15) is 25.5 Å². The molecule has 2 aromatic heterocycles. The van der Waals surface area contributed by atoms with Crippen molar-refractivity contribution in [1.82, 2.24) is 14.7 Å². The number of thiazole rings is 1. The van der Waals surface area contributed by atoms with E-state index in [1.165, 1.54) is 12.1 Å². The predicted octanol–water partition coefficient (Wildman–Crippen LogP) is 2.12. The van der Waals surface area contributed by atoms with Crippen LogP contribution in [0.25, 0.3) is 4.96 Å². The molecule has 1 aliphatic rings. The first kappa shape index (κ1) is 13.9. The molecule has 1 atom stereocenters. The first-order valence-corrected chi connectivity index (χ1v) is 8.15. The molecule has 5 nitrogen and oxygen atoms in total. The molecular formula is C14H22N4OS. The molecule has 0 amide bonds. The number of anilines is 1. The van der Waals surface area contributed by atoms with Crippen molar-refractivity contribution in [1.29, 1.82) is 0 Å². The second-order valence-corrected chi connectivity index (χ2v) is 6.11. The van der Waals surface area contributed by atoms with Gasteiger partial charge in [-0.05, 0) is 19.4 Å². The van der Waals surface area contributed by atoms with Gasteiger partial charge in [0, 0.05) is 38.3 Å². The number of hydrogen-bond donors (Lipinski definition) is 1. The Balaban J connectivity index is 1.82. The van der Waals surface area contributed by atoms with Crippen LogP contribution in [0.5, 0.6) is 0 Å². The molecule has 0 radical (unpaired) electrons. The predicted molar refractivity (Wildman–Crippen MR) is 82.7 cm³/mol. The number of nitrogens with zero attached hydrogens (tertiary/aromatic N) is 3. The lowest BCUT2D eigenvalue weighted by atomic mass is 10.2. The van der Waals surface area contributed by atoms with Crippen LogP contribution in [-0.4, -0.2) is 42.2 Å². The van der Waals surface area contributed by atoms with E-state index < -0.39 is 0 Å². The largest absolute Gasteiger partial charge is 0.376 e. The van der Waals surface area contributed by atoms with Crippen LogP contribution in [-0.2, 0) is 11.3 Å². The fourth-order valence-corrected chi connectivity index (χ4v) is 3.44. The van der Waals surface area contributed by atoms with Gasteiger partial charge < -0.3 is 15.0 Å². The summed E-state index contributed by atoms with van der Waals surface area (Å²) in [5.41, 5.74) is 1.24. The molecule has 6 heteroatoms. The van der Waals surface area contributed by atoms with Crippen molar-refractivity contribution in [2.75, 3.05) is 31.6 Å². The van der Waals surface area contributed by atoms with Gasteiger partial charge in [-0.25, -0.2) is 4.98 Å². The van der Waals surface area contributed by atoms with Crippen LogP contribution < -0.4 is 10.2 Å². The summed E-state index contributed by atoms with van der Waals surface area (Å²) in [4.78, 5) is 8.08. The number of nitrogens with one attached hydrogen (secondary N) is 1. The normalized spacial score (nSPS) is 19.0. The molecule has 0 aliphatic carbocycles. The Morgan fingerprint density at radius 1 is 1.60 bits per heavy atom. The zero-order valence-electron chi connectivity index (χ0n) is 12.1.